The molecule has 4 nitrogen and oxygen atoms in total. The fourth-order valence-corrected chi connectivity index (χ4v) is 1.78. The van der Waals surface area contributed by atoms with E-state index >= 15 is 0 Å². The van der Waals surface area contributed by atoms with Crippen molar-refractivity contribution in [3.8, 4) is 0 Å². The molecule has 1 fully saturated rings. The minimum Gasteiger partial charge on any atom is -0.395 e. The van der Waals surface area contributed by atoms with Crippen LogP contribution in [0.4, 0.5) is 13.2 Å². The van der Waals surface area contributed by atoms with Crippen molar-refractivity contribution in [2.45, 2.75) is 25.1 Å². The molecule has 7 heteroatoms. The van der Waals surface area contributed by atoms with Crippen LogP contribution in [0, 0.1) is 0 Å². The Hall–Kier alpha value is -1.63. The largest absolute Gasteiger partial charge is 0.417 e. The Bertz CT molecular complexity index is 455. The lowest BCUT2D eigenvalue weighted by molar-refractivity contribution is -0.137. The second-order valence-electron chi connectivity index (χ2n) is 4.38. The van der Waals surface area contributed by atoms with Gasteiger partial charge in [-0.05, 0) is 25.0 Å². The van der Waals surface area contributed by atoms with E-state index in [1.807, 2.05) is 0 Å². The van der Waals surface area contributed by atoms with Crippen LogP contribution in [0.25, 0.3) is 0 Å². The molecule has 0 saturated heterocycles. The van der Waals surface area contributed by atoms with Crippen molar-refractivity contribution >= 4 is 5.91 Å². The van der Waals surface area contributed by atoms with Gasteiger partial charge in [-0.15, -0.1) is 0 Å². The van der Waals surface area contributed by atoms with E-state index in [1.165, 1.54) is 4.90 Å². The van der Waals surface area contributed by atoms with Crippen LogP contribution in [0.3, 0.4) is 0 Å². The number of hydrogen-bond acceptors (Lipinski definition) is 3. The quantitative estimate of drug-likeness (QED) is 0.909. The van der Waals surface area contributed by atoms with Crippen molar-refractivity contribution in [2.24, 2.45) is 0 Å². The van der Waals surface area contributed by atoms with Crippen LogP contribution in [-0.4, -0.2) is 40.1 Å². The highest BCUT2D eigenvalue weighted by Gasteiger charge is 2.34. The molecule has 1 N–H and O–H groups in total. The standard InChI is InChI=1S/C12H13F3N2O2/c13-12(14,15)8-1-4-10(16-7-8)11(19)17(5-6-18)9-2-3-9/h1,4,7,9,18H,2-3,5-6H2. The summed E-state index contributed by atoms with van der Waals surface area (Å²) in [6, 6.07) is 1.98. The number of pyridine rings is 1. The Morgan fingerprint density at radius 2 is 2.11 bits per heavy atom. The van der Waals surface area contributed by atoms with Gasteiger partial charge < -0.3 is 10.0 Å². The zero-order chi connectivity index (χ0) is 14.0. The molecule has 1 aromatic heterocycles. The summed E-state index contributed by atoms with van der Waals surface area (Å²) in [7, 11) is 0. The summed E-state index contributed by atoms with van der Waals surface area (Å²) >= 11 is 0. The normalized spacial score (nSPS) is 15.4. The molecular formula is C12H13F3N2O2. The zero-order valence-corrected chi connectivity index (χ0v) is 10.0. The zero-order valence-electron chi connectivity index (χ0n) is 10.0. The summed E-state index contributed by atoms with van der Waals surface area (Å²) in [5.74, 6) is -0.440. The average Bonchev–Trinajstić information content (AvgIpc) is 3.18. The van der Waals surface area contributed by atoms with Gasteiger partial charge in [0.1, 0.15) is 5.69 Å². The lowest BCUT2D eigenvalue weighted by Crippen LogP contribution is -2.36. The number of hydrogen-bond donors (Lipinski definition) is 1. The number of aromatic nitrogens is 1. The molecule has 0 unspecified atom stereocenters. The Balaban J connectivity index is 2.14. The second-order valence-corrected chi connectivity index (χ2v) is 4.38. The van der Waals surface area contributed by atoms with Crippen LogP contribution in [0.15, 0.2) is 18.3 Å². The maximum atomic E-state index is 12.4. The van der Waals surface area contributed by atoms with Gasteiger partial charge >= 0.3 is 6.18 Å². The Morgan fingerprint density at radius 1 is 1.42 bits per heavy atom. The minimum absolute atomic E-state index is 0.0339. The molecule has 1 amide bonds. The Morgan fingerprint density at radius 3 is 2.53 bits per heavy atom. The molecule has 104 valence electrons. The Labute approximate surface area is 107 Å². The molecule has 0 aromatic carbocycles. The van der Waals surface area contributed by atoms with E-state index in [0.717, 1.165) is 25.0 Å². The first kappa shape index (κ1) is 13.8. The van der Waals surface area contributed by atoms with Crippen LogP contribution in [0.2, 0.25) is 0 Å². The number of carbonyl (C=O) groups is 1. The second kappa shape index (κ2) is 5.16. The fourth-order valence-electron chi connectivity index (χ4n) is 1.78. The SMILES string of the molecule is O=C(c1ccc(C(F)(F)F)cn1)N(CCO)C1CC1. The third-order valence-corrected chi connectivity index (χ3v) is 2.90. The van der Waals surface area contributed by atoms with Crippen molar-refractivity contribution in [3.05, 3.63) is 29.6 Å². The molecule has 19 heavy (non-hydrogen) atoms. The van der Waals surface area contributed by atoms with Gasteiger partial charge in [0.25, 0.3) is 5.91 Å². The van der Waals surface area contributed by atoms with Gasteiger partial charge in [0.2, 0.25) is 0 Å². The first-order chi connectivity index (χ1) is 8.93. The molecule has 1 saturated carbocycles. The van der Waals surface area contributed by atoms with Crippen molar-refractivity contribution in [2.75, 3.05) is 13.2 Å². The van der Waals surface area contributed by atoms with Gasteiger partial charge in [-0.25, -0.2) is 0 Å². The number of nitrogens with zero attached hydrogens (tertiary/aromatic N) is 2. The highest BCUT2D eigenvalue weighted by atomic mass is 19.4. The maximum absolute atomic E-state index is 12.4. The third-order valence-electron chi connectivity index (χ3n) is 2.90. The summed E-state index contributed by atoms with van der Waals surface area (Å²) in [4.78, 5) is 17.1. The highest BCUT2D eigenvalue weighted by Crippen LogP contribution is 2.30. The third kappa shape index (κ3) is 3.23. The number of alkyl halides is 3. The van der Waals surface area contributed by atoms with Crippen molar-refractivity contribution in [1.29, 1.82) is 0 Å². The molecule has 1 aromatic rings. The summed E-state index contributed by atoms with van der Waals surface area (Å²) in [5.41, 5.74) is -0.919. The summed E-state index contributed by atoms with van der Waals surface area (Å²) in [5, 5.41) is 8.90. The van der Waals surface area contributed by atoms with Gasteiger partial charge in [0, 0.05) is 18.8 Å². The van der Waals surface area contributed by atoms with E-state index in [4.69, 9.17) is 5.11 Å². The topological polar surface area (TPSA) is 53.4 Å². The molecule has 1 aliphatic carbocycles. The summed E-state index contributed by atoms with van der Waals surface area (Å²) < 4.78 is 37.1. The van der Waals surface area contributed by atoms with Gasteiger partial charge in [-0.1, -0.05) is 0 Å². The number of aliphatic hydroxyl groups excluding tert-OH is 1. The number of halogens is 3. The van der Waals surface area contributed by atoms with Crippen molar-refractivity contribution in [1.82, 2.24) is 9.88 Å². The monoisotopic (exact) mass is 274 g/mol. The predicted octanol–water partition coefficient (Wildman–Crippen LogP) is 1.70. The van der Waals surface area contributed by atoms with Crippen LogP contribution in [-0.2, 0) is 6.18 Å². The molecule has 2 rings (SSSR count). The number of amides is 1. The molecule has 0 spiro atoms. The number of rotatable bonds is 4. The molecular weight excluding hydrogens is 261 g/mol. The highest BCUT2D eigenvalue weighted by molar-refractivity contribution is 5.92. The first-order valence-electron chi connectivity index (χ1n) is 5.88. The molecule has 1 heterocycles. The van der Waals surface area contributed by atoms with Gasteiger partial charge in [0.05, 0.1) is 12.2 Å². The van der Waals surface area contributed by atoms with E-state index in [-0.39, 0.29) is 24.9 Å². The summed E-state index contributed by atoms with van der Waals surface area (Å²) in [6.45, 7) is -0.00488. The molecule has 1 aliphatic rings. The van der Waals surface area contributed by atoms with E-state index in [2.05, 4.69) is 4.98 Å². The maximum Gasteiger partial charge on any atom is 0.417 e. The van der Waals surface area contributed by atoms with Crippen LogP contribution in [0.1, 0.15) is 28.9 Å². The predicted molar refractivity (Wildman–Crippen MR) is 60.4 cm³/mol. The number of aliphatic hydroxyl groups is 1. The van der Waals surface area contributed by atoms with Gasteiger partial charge in [-0.2, -0.15) is 13.2 Å². The fraction of sp³-hybridized carbons (Fsp3) is 0.500. The molecule has 0 atom stereocenters. The van der Waals surface area contributed by atoms with Gasteiger partial charge in [0.15, 0.2) is 0 Å². The first-order valence-corrected chi connectivity index (χ1v) is 5.88. The van der Waals surface area contributed by atoms with Crippen LogP contribution >= 0.6 is 0 Å². The van der Waals surface area contributed by atoms with E-state index in [9.17, 15) is 18.0 Å². The van der Waals surface area contributed by atoms with Crippen LogP contribution < -0.4 is 0 Å². The molecule has 0 aliphatic heterocycles. The Kier molecular flexibility index (Phi) is 3.75. The lowest BCUT2D eigenvalue weighted by atomic mass is 10.2. The van der Waals surface area contributed by atoms with Crippen molar-refractivity contribution in [3.63, 3.8) is 0 Å². The summed E-state index contributed by atoms with van der Waals surface area (Å²) in [6.07, 6.45) is -2.11. The lowest BCUT2D eigenvalue weighted by Gasteiger charge is -2.20. The van der Waals surface area contributed by atoms with Crippen LogP contribution in [0.5, 0.6) is 0 Å². The average molecular weight is 274 g/mol. The van der Waals surface area contributed by atoms with E-state index in [1.54, 1.807) is 0 Å². The van der Waals surface area contributed by atoms with E-state index in [0.29, 0.717) is 6.20 Å². The van der Waals surface area contributed by atoms with E-state index < -0.39 is 17.6 Å². The molecule has 0 bridgehead atoms. The molecule has 0 radical (unpaired) electrons. The smallest absolute Gasteiger partial charge is 0.395 e. The minimum atomic E-state index is -4.46. The van der Waals surface area contributed by atoms with Gasteiger partial charge in [-0.3, -0.25) is 9.78 Å². The number of carbonyl (C=O) groups excluding carboxylic acids is 1. The van der Waals surface area contributed by atoms with Crippen molar-refractivity contribution < 1.29 is 23.1 Å².